The van der Waals surface area contributed by atoms with Gasteiger partial charge in [0.1, 0.15) is 0 Å². The molecule has 60 valence electrons. The van der Waals surface area contributed by atoms with Crippen LogP contribution in [0.2, 0.25) is 0 Å². The molecule has 1 rings (SSSR count). The van der Waals surface area contributed by atoms with Crippen LogP contribution in [0.5, 0.6) is 0 Å². The second-order valence-corrected chi connectivity index (χ2v) is 2.79. The lowest BCUT2D eigenvalue weighted by Gasteiger charge is -2.18. The van der Waals surface area contributed by atoms with Gasteiger partial charge in [0.05, 0.1) is 6.61 Å². The minimum atomic E-state index is 0.632. The maximum Gasteiger partial charge on any atom is 0.0837 e. The summed E-state index contributed by atoms with van der Waals surface area (Å²) in [6, 6.07) is 0.632. The highest BCUT2D eigenvalue weighted by Gasteiger charge is 2.20. The third-order valence-corrected chi connectivity index (χ3v) is 2.09. The lowest BCUT2D eigenvalue weighted by molar-refractivity contribution is 0.0251. The van der Waals surface area contributed by atoms with E-state index in [2.05, 4.69) is 17.4 Å². The molecular formula is C7H16N2O. The molecule has 1 heterocycles. The van der Waals surface area contributed by atoms with E-state index in [-0.39, 0.29) is 0 Å². The Morgan fingerprint density at radius 3 is 3.00 bits per heavy atom. The van der Waals surface area contributed by atoms with Crippen LogP contribution < -0.4 is 5.48 Å². The van der Waals surface area contributed by atoms with Gasteiger partial charge >= 0.3 is 0 Å². The third-order valence-electron chi connectivity index (χ3n) is 2.09. The van der Waals surface area contributed by atoms with Crippen LogP contribution in [0.1, 0.15) is 12.8 Å². The lowest BCUT2D eigenvalue weighted by atomic mass is 10.2. The average Bonchev–Trinajstić information content (AvgIpc) is 2.31. The topological polar surface area (TPSA) is 24.5 Å². The summed E-state index contributed by atoms with van der Waals surface area (Å²) in [5.74, 6) is 0. The zero-order valence-electron chi connectivity index (χ0n) is 6.76. The fraction of sp³-hybridized carbons (Fsp3) is 1.00. The summed E-state index contributed by atoms with van der Waals surface area (Å²) in [5, 5.41) is 0. The molecule has 10 heavy (non-hydrogen) atoms. The lowest BCUT2D eigenvalue weighted by Crippen LogP contribution is -2.31. The third kappa shape index (κ3) is 1.94. The van der Waals surface area contributed by atoms with E-state index in [0.717, 1.165) is 6.61 Å². The Labute approximate surface area is 62.3 Å². The maximum absolute atomic E-state index is 5.10. The molecule has 1 unspecified atom stereocenters. The molecule has 1 aliphatic rings. The number of hydrogen-bond donors (Lipinski definition) is 1. The first-order chi connectivity index (χ1) is 4.84. The molecule has 0 aromatic carbocycles. The Morgan fingerprint density at radius 2 is 2.50 bits per heavy atom. The van der Waals surface area contributed by atoms with Crippen LogP contribution in [0, 0.1) is 0 Å². The summed E-state index contributed by atoms with van der Waals surface area (Å²) >= 11 is 0. The Hall–Kier alpha value is -0.120. The van der Waals surface area contributed by atoms with Crippen LogP contribution in [0.3, 0.4) is 0 Å². The van der Waals surface area contributed by atoms with Gasteiger partial charge in [-0.2, -0.15) is 0 Å². The van der Waals surface area contributed by atoms with Gasteiger partial charge in [-0.15, -0.1) is 0 Å². The summed E-state index contributed by atoms with van der Waals surface area (Å²) in [5.41, 5.74) is 2.69. The Kier molecular flexibility index (Phi) is 3.12. The zero-order chi connectivity index (χ0) is 7.40. The predicted octanol–water partition coefficient (Wildman–Crippen LogP) is 0.232. The van der Waals surface area contributed by atoms with Gasteiger partial charge in [0.15, 0.2) is 0 Å². The van der Waals surface area contributed by atoms with Crippen molar-refractivity contribution in [1.29, 1.82) is 0 Å². The molecule has 3 nitrogen and oxygen atoms in total. The first-order valence-electron chi connectivity index (χ1n) is 3.83. The molecule has 0 saturated carbocycles. The zero-order valence-corrected chi connectivity index (χ0v) is 6.76. The van der Waals surface area contributed by atoms with Crippen LogP contribution in [-0.2, 0) is 4.84 Å². The van der Waals surface area contributed by atoms with Gasteiger partial charge in [-0.05, 0) is 26.4 Å². The predicted molar refractivity (Wildman–Crippen MR) is 40.7 cm³/mol. The van der Waals surface area contributed by atoms with E-state index < -0.39 is 0 Å². The van der Waals surface area contributed by atoms with Crippen molar-refractivity contribution in [3.05, 3.63) is 0 Å². The number of rotatable bonds is 3. The quantitative estimate of drug-likeness (QED) is 0.574. The van der Waals surface area contributed by atoms with Crippen LogP contribution >= 0.6 is 0 Å². The van der Waals surface area contributed by atoms with Gasteiger partial charge in [-0.1, -0.05) is 0 Å². The minimum absolute atomic E-state index is 0.632. The molecule has 0 aromatic heterocycles. The SMILES string of the molecule is CNOCC1CCCN1C. The largest absolute Gasteiger partial charge is 0.301 e. The van der Waals surface area contributed by atoms with Gasteiger partial charge in [-0.25, -0.2) is 5.48 Å². The highest BCUT2D eigenvalue weighted by Crippen LogP contribution is 2.13. The molecule has 1 saturated heterocycles. The number of nitrogens with one attached hydrogen (secondary N) is 1. The molecule has 1 aliphatic heterocycles. The van der Waals surface area contributed by atoms with Crippen LogP contribution in [0.4, 0.5) is 0 Å². The number of hydrogen-bond acceptors (Lipinski definition) is 3. The highest BCUT2D eigenvalue weighted by atomic mass is 16.6. The molecule has 1 N–H and O–H groups in total. The molecule has 1 fully saturated rings. The molecule has 0 radical (unpaired) electrons. The Morgan fingerprint density at radius 1 is 1.70 bits per heavy atom. The minimum Gasteiger partial charge on any atom is -0.301 e. The number of nitrogens with zero attached hydrogens (tertiary/aromatic N) is 1. The highest BCUT2D eigenvalue weighted by molar-refractivity contribution is 4.75. The van der Waals surface area contributed by atoms with E-state index >= 15 is 0 Å². The number of likely N-dealkylation sites (tertiary alicyclic amines) is 1. The van der Waals surface area contributed by atoms with Crippen molar-refractivity contribution in [2.24, 2.45) is 0 Å². The summed E-state index contributed by atoms with van der Waals surface area (Å²) in [6.07, 6.45) is 2.59. The Bertz CT molecular complexity index is 97.6. The normalized spacial score (nSPS) is 27.6. The molecule has 0 amide bonds. The van der Waals surface area contributed by atoms with E-state index in [1.54, 1.807) is 7.05 Å². The van der Waals surface area contributed by atoms with Crippen molar-refractivity contribution >= 4 is 0 Å². The summed E-state index contributed by atoms with van der Waals surface area (Å²) in [7, 11) is 3.95. The summed E-state index contributed by atoms with van der Waals surface area (Å²) in [4.78, 5) is 7.44. The molecule has 0 aromatic rings. The summed E-state index contributed by atoms with van der Waals surface area (Å²) < 4.78 is 0. The van der Waals surface area contributed by atoms with Gasteiger partial charge in [0, 0.05) is 13.1 Å². The molecule has 0 aliphatic carbocycles. The van der Waals surface area contributed by atoms with Crippen molar-refractivity contribution in [2.75, 3.05) is 27.2 Å². The molecular weight excluding hydrogens is 128 g/mol. The molecule has 0 bridgehead atoms. The van der Waals surface area contributed by atoms with Crippen LogP contribution in [-0.4, -0.2) is 38.2 Å². The first-order valence-corrected chi connectivity index (χ1v) is 3.83. The molecule has 0 spiro atoms. The van der Waals surface area contributed by atoms with Crippen molar-refractivity contribution < 1.29 is 4.84 Å². The van der Waals surface area contributed by atoms with Crippen LogP contribution in [0.15, 0.2) is 0 Å². The van der Waals surface area contributed by atoms with Crippen molar-refractivity contribution in [1.82, 2.24) is 10.4 Å². The summed E-state index contributed by atoms with van der Waals surface area (Å²) in [6.45, 7) is 2.03. The second kappa shape index (κ2) is 3.91. The van der Waals surface area contributed by atoms with E-state index in [9.17, 15) is 0 Å². The van der Waals surface area contributed by atoms with E-state index in [4.69, 9.17) is 4.84 Å². The molecule has 3 heteroatoms. The van der Waals surface area contributed by atoms with E-state index in [1.807, 2.05) is 0 Å². The van der Waals surface area contributed by atoms with E-state index in [1.165, 1.54) is 19.4 Å². The van der Waals surface area contributed by atoms with Gasteiger partial charge < -0.3 is 9.74 Å². The van der Waals surface area contributed by atoms with E-state index in [0.29, 0.717) is 6.04 Å². The second-order valence-electron chi connectivity index (χ2n) is 2.79. The van der Waals surface area contributed by atoms with Crippen molar-refractivity contribution in [2.45, 2.75) is 18.9 Å². The monoisotopic (exact) mass is 144 g/mol. The van der Waals surface area contributed by atoms with Gasteiger partial charge in [-0.3, -0.25) is 0 Å². The Balaban J connectivity index is 2.14. The van der Waals surface area contributed by atoms with Crippen LogP contribution in [0.25, 0.3) is 0 Å². The maximum atomic E-state index is 5.10. The standard InChI is InChI=1S/C7H16N2O/c1-8-10-6-7-4-3-5-9(7)2/h7-8H,3-6H2,1-2H3. The fourth-order valence-electron chi connectivity index (χ4n) is 1.37. The fourth-order valence-corrected chi connectivity index (χ4v) is 1.37. The van der Waals surface area contributed by atoms with Crippen molar-refractivity contribution in [3.8, 4) is 0 Å². The van der Waals surface area contributed by atoms with Gasteiger partial charge in [0.25, 0.3) is 0 Å². The first kappa shape index (κ1) is 7.98. The number of likely N-dealkylation sites (N-methyl/N-ethyl adjacent to an activating group) is 1. The molecule has 1 atom stereocenters. The van der Waals surface area contributed by atoms with Crippen molar-refractivity contribution in [3.63, 3.8) is 0 Å². The number of hydroxylamine groups is 1. The average molecular weight is 144 g/mol. The smallest absolute Gasteiger partial charge is 0.0837 e. The van der Waals surface area contributed by atoms with Gasteiger partial charge in [0.2, 0.25) is 0 Å².